The van der Waals surface area contributed by atoms with E-state index in [1.807, 2.05) is 42.0 Å². The topological polar surface area (TPSA) is 93.1 Å². The molecule has 1 atom stereocenters. The van der Waals surface area contributed by atoms with Gasteiger partial charge in [-0.2, -0.15) is 0 Å². The molecule has 1 aliphatic heterocycles. The summed E-state index contributed by atoms with van der Waals surface area (Å²) in [4.78, 5) is 16.3. The van der Waals surface area contributed by atoms with Gasteiger partial charge >= 0.3 is 0 Å². The molecule has 150 valence electrons. The Bertz CT molecular complexity index is 1170. The number of fused-ring (bicyclic) bond motifs is 1. The maximum atomic E-state index is 12.9. The van der Waals surface area contributed by atoms with E-state index >= 15 is 0 Å². The number of aromatic nitrogens is 2. The van der Waals surface area contributed by atoms with Crippen LogP contribution in [0.2, 0.25) is 0 Å². The number of rotatable bonds is 5. The number of amides is 1. The van der Waals surface area contributed by atoms with Crippen LogP contribution in [0.25, 0.3) is 5.69 Å². The molecular formula is C21H22N4O3S. The zero-order valence-electron chi connectivity index (χ0n) is 16.2. The molecule has 0 bridgehead atoms. The Morgan fingerprint density at radius 1 is 1.17 bits per heavy atom. The Kier molecular flexibility index (Phi) is 4.97. The highest BCUT2D eigenvalue weighted by Gasteiger charge is 2.23. The zero-order valence-corrected chi connectivity index (χ0v) is 17.0. The molecule has 0 aliphatic carbocycles. The second-order valence-corrected chi connectivity index (χ2v) is 8.82. The Hall–Kier alpha value is -2.97. The van der Waals surface area contributed by atoms with Crippen LogP contribution < -0.4 is 10.0 Å². The van der Waals surface area contributed by atoms with Gasteiger partial charge in [0.2, 0.25) is 10.0 Å². The van der Waals surface area contributed by atoms with Crippen LogP contribution in [0, 0.1) is 6.92 Å². The maximum Gasteiger partial charge on any atom is 0.251 e. The number of benzene rings is 2. The zero-order chi connectivity index (χ0) is 20.6. The summed E-state index contributed by atoms with van der Waals surface area (Å²) < 4.78 is 30.4. The van der Waals surface area contributed by atoms with Crippen LogP contribution in [0.3, 0.4) is 0 Å². The van der Waals surface area contributed by atoms with Gasteiger partial charge in [0.25, 0.3) is 5.91 Å². The van der Waals surface area contributed by atoms with Crippen LogP contribution in [0.5, 0.6) is 0 Å². The number of imidazole rings is 1. The summed E-state index contributed by atoms with van der Waals surface area (Å²) in [5.74, 6) is 0.643. The number of aryl methyl sites for hydroxylation is 1. The second-order valence-electron chi connectivity index (χ2n) is 7.10. The molecule has 0 radical (unpaired) electrons. The summed E-state index contributed by atoms with van der Waals surface area (Å²) in [5, 5.41) is 2.74. The summed E-state index contributed by atoms with van der Waals surface area (Å²) in [6, 6.07) is 11.9. The molecule has 1 aliphatic rings. The van der Waals surface area contributed by atoms with Crippen LogP contribution in [0.1, 0.15) is 40.3 Å². The fourth-order valence-corrected chi connectivity index (χ4v) is 4.76. The van der Waals surface area contributed by atoms with Crippen LogP contribution in [0.4, 0.5) is 0 Å². The lowest BCUT2D eigenvalue weighted by atomic mass is 10.0. The van der Waals surface area contributed by atoms with Gasteiger partial charge in [-0.05, 0) is 55.7 Å². The first-order valence-corrected chi connectivity index (χ1v) is 10.9. The molecule has 7 nitrogen and oxygen atoms in total. The number of hydrogen-bond donors (Lipinski definition) is 2. The quantitative estimate of drug-likeness (QED) is 0.676. The second kappa shape index (κ2) is 7.46. The molecule has 0 spiro atoms. The number of carbonyl (C=O) groups is 1. The minimum Gasteiger partial charge on any atom is -0.352 e. The predicted octanol–water partition coefficient (Wildman–Crippen LogP) is 2.51. The summed E-state index contributed by atoms with van der Waals surface area (Å²) in [6.07, 6.45) is 4.32. The van der Waals surface area contributed by atoms with E-state index < -0.39 is 16.1 Å². The number of hydrogen-bond acceptors (Lipinski definition) is 4. The van der Waals surface area contributed by atoms with E-state index in [0.717, 1.165) is 22.6 Å². The number of carbonyl (C=O) groups excluding carboxylic acids is 1. The largest absolute Gasteiger partial charge is 0.352 e. The molecule has 1 aromatic heterocycles. The molecule has 4 rings (SSSR count). The third-order valence-corrected chi connectivity index (χ3v) is 6.68. The summed E-state index contributed by atoms with van der Waals surface area (Å²) >= 11 is 0. The number of sulfonamides is 1. The molecular weight excluding hydrogens is 388 g/mol. The van der Waals surface area contributed by atoms with Crippen molar-refractivity contribution in [2.24, 2.45) is 0 Å². The Morgan fingerprint density at radius 2 is 1.93 bits per heavy atom. The third kappa shape index (κ3) is 3.81. The van der Waals surface area contributed by atoms with E-state index in [4.69, 9.17) is 0 Å². The van der Waals surface area contributed by atoms with Crippen molar-refractivity contribution in [2.75, 3.05) is 6.54 Å². The van der Waals surface area contributed by atoms with Crippen molar-refractivity contribution in [1.29, 1.82) is 0 Å². The van der Waals surface area contributed by atoms with Crippen molar-refractivity contribution in [1.82, 2.24) is 19.6 Å². The predicted molar refractivity (Wildman–Crippen MR) is 110 cm³/mol. The molecule has 8 heteroatoms. The summed E-state index contributed by atoms with van der Waals surface area (Å²) in [5.41, 5.74) is 3.09. The summed E-state index contributed by atoms with van der Waals surface area (Å²) in [7, 11) is -3.77. The van der Waals surface area contributed by atoms with E-state index in [9.17, 15) is 13.2 Å². The van der Waals surface area contributed by atoms with Crippen molar-refractivity contribution in [2.45, 2.75) is 31.2 Å². The van der Waals surface area contributed by atoms with Crippen LogP contribution in [0.15, 0.2) is 59.8 Å². The molecule has 0 unspecified atom stereocenters. The lowest BCUT2D eigenvalue weighted by molar-refractivity contribution is 0.0945. The van der Waals surface area contributed by atoms with Crippen molar-refractivity contribution >= 4 is 15.9 Å². The monoisotopic (exact) mass is 410 g/mol. The first kappa shape index (κ1) is 19.4. The number of nitrogens with zero attached hydrogens (tertiary/aromatic N) is 2. The van der Waals surface area contributed by atoms with E-state index in [1.165, 1.54) is 6.07 Å². The van der Waals surface area contributed by atoms with Gasteiger partial charge in [0, 0.05) is 36.2 Å². The van der Waals surface area contributed by atoms with Gasteiger partial charge in [0.1, 0.15) is 5.82 Å². The Balaban J connectivity index is 1.54. The molecule has 2 heterocycles. The average molecular weight is 410 g/mol. The van der Waals surface area contributed by atoms with Crippen molar-refractivity contribution in [3.05, 3.63) is 77.4 Å². The summed E-state index contributed by atoms with van der Waals surface area (Å²) in [6.45, 7) is 4.28. The maximum absolute atomic E-state index is 12.9. The highest BCUT2D eigenvalue weighted by molar-refractivity contribution is 7.89. The van der Waals surface area contributed by atoms with Gasteiger partial charge in [-0.3, -0.25) is 4.79 Å². The van der Waals surface area contributed by atoms with Crippen molar-refractivity contribution in [3.63, 3.8) is 0 Å². The third-order valence-electron chi connectivity index (χ3n) is 5.15. The fraction of sp³-hybridized carbons (Fsp3) is 0.238. The lowest BCUT2D eigenvalue weighted by Crippen LogP contribution is -2.32. The highest BCUT2D eigenvalue weighted by Crippen LogP contribution is 2.22. The minimum absolute atomic E-state index is 0.0887. The normalized spacial score (nSPS) is 14.9. The lowest BCUT2D eigenvalue weighted by Gasteiger charge is -2.19. The van der Waals surface area contributed by atoms with Crippen LogP contribution in [-0.4, -0.2) is 30.4 Å². The standard InChI is InChI=1S/C21H22N4O3S/c1-14(16-3-6-18(7-4-16)25-12-11-22-15(25)2)24-29(27,28)19-8-5-17-9-10-23-21(26)20(17)13-19/h3-8,11-14,24H,9-10H2,1-2H3,(H,23,26)/t14-/m0/s1. The molecule has 29 heavy (non-hydrogen) atoms. The van der Waals surface area contributed by atoms with Crippen LogP contribution in [-0.2, 0) is 16.4 Å². The van der Waals surface area contributed by atoms with Gasteiger partial charge in [-0.15, -0.1) is 0 Å². The van der Waals surface area contributed by atoms with E-state index in [1.54, 1.807) is 25.3 Å². The van der Waals surface area contributed by atoms with Gasteiger partial charge < -0.3 is 9.88 Å². The van der Waals surface area contributed by atoms with Gasteiger partial charge in [-0.1, -0.05) is 18.2 Å². The van der Waals surface area contributed by atoms with E-state index in [2.05, 4.69) is 15.0 Å². The highest BCUT2D eigenvalue weighted by atomic mass is 32.2. The van der Waals surface area contributed by atoms with E-state index in [0.29, 0.717) is 18.5 Å². The first-order chi connectivity index (χ1) is 13.8. The molecule has 0 fully saturated rings. The Labute approximate surface area is 169 Å². The Morgan fingerprint density at radius 3 is 2.62 bits per heavy atom. The van der Waals surface area contributed by atoms with Crippen molar-refractivity contribution in [3.8, 4) is 5.69 Å². The molecule has 3 aromatic rings. The van der Waals surface area contributed by atoms with Gasteiger partial charge in [-0.25, -0.2) is 18.1 Å². The van der Waals surface area contributed by atoms with Crippen LogP contribution >= 0.6 is 0 Å². The molecule has 2 N–H and O–H groups in total. The molecule has 1 amide bonds. The SMILES string of the molecule is Cc1nccn1-c1ccc([C@H](C)NS(=O)(=O)c2ccc3c(c2)C(=O)NCC3)cc1. The van der Waals surface area contributed by atoms with Crippen molar-refractivity contribution < 1.29 is 13.2 Å². The van der Waals surface area contributed by atoms with E-state index in [-0.39, 0.29) is 10.8 Å². The first-order valence-electron chi connectivity index (χ1n) is 9.39. The molecule has 0 saturated carbocycles. The average Bonchev–Trinajstić information content (AvgIpc) is 3.14. The minimum atomic E-state index is -3.77. The number of nitrogens with one attached hydrogen (secondary N) is 2. The molecule has 0 saturated heterocycles. The fourth-order valence-electron chi connectivity index (χ4n) is 3.50. The van der Waals surface area contributed by atoms with Gasteiger partial charge in [0.05, 0.1) is 4.90 Å². The van der Waals surface area contributed by atoms with Gasteiger partial charge in [0.15, 0.2) is 0 Å². The smallest absolute Gasteiger partial charge is 0.251 e. The molecule has 2 aromatic carbocycles.